The molecule has 0 aromatic rings. The van der Waals surface area contributed by atoms with E-state index in [2.05, 4.69) is 38.2 Å². The molecule has 2 aliphatic rings. The lowest BCUT2D eigenvalue weighted by Gasteiger charge is -2.42. The van der Waals surface area contributed by atoms with Gasteiger partial charge in [-0.3, -0.25) is 9.59 Å². The standard InChI is InChI=1S/C45H80O15/c1-3-5-7-9-11-13-15-16-17-18-20-22-24-26-28-37(48)58-33(30-55-36(47)27-25-23-21-19-14-12-10-8-6-4-2)31-56-44-43(54)41(52)39(50)35(60-44)32-57-45-42(53)40(51)38(49)34(29-46)59-45/h9,11,15-16,33-35,38-46,49-54H,3-8,10,12-14,17-32H2,1-2H3/b11-9+,16-15+/t33-,34-,35-,38+,39+,40?,41?,42?,43?,44-,45-/m1/s1. The quantitative estimate of drug-likeness (QED) is 0.0261. The lowest BCUT2D eigenvalue weighted by molar-refractivity contribution is -0.332. The molecule has 2 heterocycles. The van der Waals surface area contributed by atoms with Crippen LogP contribution in [0.2, 0.25) is 0 Å². The van der Waals surface area contributed by atoms with Gasteiger partial charge in [0.2, 0.25) is 0 Å². The smallest absolute Gasteiger partial charge is 0.306 e. The second-order valence-corrected chi connectivity index (χ2v) is 16.2. The molecule has 2 saturated heterocycles. The second-order valence-electron chi connectivity index (χ2n) is 16.2. The van der Waals surface area contributed by atoms with Crippen molar-refractivity contribution in [1.82, 2.24) is 0 Å². The number of aliphatic hydroxyl groups is 7. The van der Waals surface area contributed by atoms with Crippen LogP contribution in [0, 0.1) is 0 Å². The van der Waals surface area contributed by atoms with Crippen LogP contribution in [-0.2, 0) is 38.0 Å². The Balaban J connectivity index is 1.86. The Labute approximate surface area is 358 Å². The summed E-state index contributed by atoms with van der Waals surface area (Å²) in [5.41, 5.74) is 0. The third-order valence-corrected chi connectivity index (χ3v) is 10.9. The molecule has 0 saturated carbocycles. The Hall–Kier alpha value is -2.02. The minimum absolute atomic E-state index is 0.151. The Kier molecular flexibility index (Phi) is 30.2. The Bertz CT molecular complexity index is 1150. The lowest BCUT2D eigenvalue weighted by Crippen LogP contribution is -2.61. The maximum Gasteiger partial charge on any atom is 0.306 e. The van der Waals surface area contributed by atoms with Gasteiger partial charge in [0, 0.05) is 12.8 Å². The highest BCUT2D eigenvalue weighted by atomic mass is 16.7. The van der Waals surface area contributed by atoms with Crippen molar-refractivity contribution >= 4 is 11.9 Å². The van der Waals surface area contributed by atoms with E-state index in [0.717, 1.165) is 64.2 Å². The summed E-state index contributed by atoms with van der Waals surface area (Å²) >= 11 is 0. The molecule has 2 rings (SSSR count). The molecule has 350 valence electrons. The van der Waals surface area contributed by atoms with Gasteiger partial charge in [-0.05, 0) is 38.5 Å². The van der Waals surface area contributed by atoms with Gasteiger partial charge in [0.1, 0.15) is 55.4 Å². The van der Waals surface area contributed by atoms with Gasteiger partial charge in [-0.15, -0.1) is 0 Å². The van der Waals surface area contributed by atoms with Gasteiger partial charge in [-0.25, -0.2) is 0 Å². The average molecular weight is 861 g/mol. The maximum absolute atomic E-state index is 12.9. The highest BCUT2D eigenvalue weighted by Crippen LogP contribution is 2.26. The molecule has 2 fully saturated rings. The second kappa shape index (κ2) is 33.5. The fraction of sp³-hybridized carbons (Fsp3) is 0.867. The van der Waals surface area contributed by atoms with E-state index >= 15 is 0 Å². The van der Waals surface area contributed by atoms with Gasteiger partial charge < -0.3 is 64.2 Å². The Morgan fingerprint density at radius 3 is 1.60 bits per heavy atom. The molecule has 0 bridgehead atoms. The normalized spacial score (nSPS) is 27.8. The van der Waals surface area contributed by atoms with Crippen LogP contribution in [-0.4, -0.2) is 142 Å². The number of allylic oxidation sites excluding steroid dienone is 4. The lowest BCUT2D eigenvalue weighted by atomic mass is 9.98. The van der Waals surface area contributed by atoms with Crippen molar-refractivity contribution in [1.29, 1.82) is 0 Å². The number of hydrogen-bond acceptors (Lipinski definition) is 15. The van der Waals surface area contributed by atoms with Crippen LogP contribution in [0.25, 0.3) is 0 Å². The van der Waals surface area contributed by atoms with Crippen molar-refractivity contribution in [2.45, 2.75) is 223 Å². The summed E-state index contributed by atoms with van der Waals surface area (Å²) in [6.45, 7) is 2.50. The highest BCUT2D eigenvalue weighted by Gasteiger charge is 2.47. The molecule has 11 atom stereocenters. The highest BCUT2D eigenvalue weighted by molar-refractivity contribution is 5.70. The number of hydrogen-bond donors (Lipinski definition) is 7. The van der Waals surface area contributed by atoms with Crippen LogP contribution in [0.1, 0.15) is 155 Å². The van der Waals surface area contributed by atoms with E-state index in [4.69, 9.17) is 28.4 Å². The maximum atomic E-state index is 12.9. The molecular weight excluding hydrogens is 780 g/mol. The van der Waals surface area contributed by atoms with Gasteiger partial charge >= 0.3 is 11.9 Å². The number of ether oxygens (including phenoxy) is 6. The summed E-state index contributed by atoms with van der Waals surface area (Å²) in [7, 11) is 0. The number of esters is 2. The molecule has 60 heavy (non-hydrogen) atoms. The predicted molar refractivity (Wildman–Crippen MR) is 224 cm³/mol. The summed E-state index contributed by atoms with van der Waals surface area (Å²) in [5.74, 6) is -0.942. The molecule has 7 N–H and O–H groups in total. The molecular formula is C45H80O15. The molecule has 0 aromatic heterocycles. The van der Waals surface area contributed by atoms with Crippen molar-refractivity contribution in [2.24, 2.45) is 0 Å². The molecule has 0 aliphatic carbocycles. The Morgan fingerprint density at radius 2 is 1.02 bits per heavy atom. The van der Waals surface area contributed by atoms with Gasteiger partial charge in [0.05, 0.1) is 19.8 Å². The number of carbonyl (C=O) groups excluding carboxylic acids is 2. The van der Waals surface area contributed by atoms with Crippen molar-refractivity contribution in [3.8, 4) is 0 Å². The van der Waals surface area contributed by atoms with Crippen molar-refractivity contribution < 1.29 is 73.8 Å². The SMILES string of the molecule is CCCC/C=C/C/C=C/CCCCCCCC(=O)O[C@H](COC(=O)CCCCCCCCCCCC)CO[C@@H]1O[C@H](CO[C@@H]2O[C@H](CO)[C@H](O)C(O)C2O)[C@H](O)C(O)C1O. The van der Waals surface area contributed by atoms with E-state index in [0.29, 0.717) is 12.8 Å². The first-order chi connectivity index (χ1) is 29.0. The first-order valence-corrected chi connectivity index (χ1v) is 22.9. The van der Waals surface area contributed by atoms with E-state index in [-0.39, 0.29) is 26.1 Å². The van der Waals surface area contributed by atoms with Crippen molar-refractivity contribution in [3.63, 3.8) is 0 Å². The van der Waals surface area contributed by atoms with Gasteiger partial charge in [0.25, 0.3) is 0 Å². The third-order valence-electron chi connectivity index (χ3n) is 10.9. The molecule has 15 nitrogen and oxygen atoms in total. The first-order valence-electron chi connectivity index (χ1n) is 22.9. The van der Waals surface area contributed by atoms with Gasteiger partial charge in [-0.2, -0.15) is 0 Å². The third kappa shape index (κ3) is 22.4. The monoisotopic (exact) mass is 861 g/mol. The van der Waals surface area contributed by atoms with Crippen LogP contribution in [0.3, 0.4) is 0 Å². The van der Waals surface area contributed by atoms with E-state index in [1.807, 2.05) is 0 Å². The summed E-state index contributed by atoms with van der Waals surface area (Å²) in [6, 6.07) is 0. The largest absolute Gasteiger partial charge is 0.462 e. The van der Waals surface area contributed by atoms with E-state index in [1.165, 1.54) is 51.4 Å². The number of unbranched alkanes of at least 4 members (excludes halogenated alkanes) is 16. The molecule has 0 amide bonds. The van der Waals surface area contributed by atoms with Crippen LogP contribution in [0.4, 0.5) is 0 Å². The predicted octanol–water partition coefficient (Wildman–Crippen LogP) is 4.82. The molecule has 4 unspecified atom stereocenters. The van der Waals surface area contributed by atoms with Crippen LogP contribution in [0.15, 0.2) is 24.3 Å². The molecule has 0 radical (unpaired) electrons. The zero-order chi connectivity index (χ0) is 44.0. The number of rotatable bonds is 34. The summed E-state index contributed by atoms with van der Waals surface area (Å²) in [5, 5.41) is 71.8. The number of aliphatic hydroxyl groups excluding tert-OH is 7. The zero-order valence-corrected chi connectivity index (χ0v) is 36.4. The van der Waals surface area contributed by atoms with Crippen LogP contribution in [0.5, 0.6) is 0 Å². The van der Waals surface area contributed by atoms with Crippen LogP contribution >= 0.6 is 0 Å². The zero-order valence-electron chi connectivity index (χ0n) is 36.4. The van der Waals surface area contributed by atoms with Gasteiger partial charge in [-0.1, -0.05) is 128 Å². The molecule has 15 heteroatoms. The van der Waals surface area contributed by atoms with Crippen molar-refractivity contribution in [2.75, 3.05) is 26.4 Å². The fourth-order valence-corrected chi connectivity index (χ4v) is 7.06. The van der Waals surface area contributed by atoms with Crippen molar-refractivity contribution in [3.05, 3.63) is 24.3 Å². The van der Waals surface area contributed by atoms with E-state index in [1.54, 1.807) is 0 Å². The van der Waals surface area contributed by atoms with Crippen LogP contribution < -0.4 is 0 Å². The fourth-order valence-electron chi connectivity index (χ4n) is 7.06. The summed E-state index contributed by atoms with van der Waals surface area (Å²) in [4.78, 5) is 25.6. The molecule has 0 aromatic carbocycles. The molecule has 2 aliphatic heterocycles. The average Bonchev–Trinajstić information content (AvgIpc) is 3.24. The summed E-state index contributed by atoms with van der Waals surface area (Å²) in [6.07, 6.45) is 13.7. The topological polar surface area (TPSA) is 231 Å². The minimum Gasteiger partial charge on any atom is -0.462 e. The summed E-state index contributed by atoms with van der Waals surface area (Å²) < 4.78 is 33.4. The van der Waals surface area contributed by atoms with E-state index < -0.39 is 92.7 Å². The molecule has 0 spiro atoms. The van der Waals surface area contributed by atoms with E-state index in [9.17, 15) is 45.3 Å². The number of carbonyl (C=O) groups is 2. The Morgan fingerprint density at radius 1 is 0.533 bits per heavy atom. The first kappa shape index (κ1) is 54.1. The van der Waals surface area contributed by atoms with Gasteiger partial charge in [0.15, 0.2) is 18.7 Å². The minimum atomic E-state index is -1.76.